The molecule has 2 aromatic carbocycles. The number of nitrogens with zero attached hydrogens (tertiary/aromatic N) is 3. The van der Waals surface area contributed by atoms with Crippen LogP contribution in [0.4, 0.5) is 11.4 Å². The van der Waals surface area contributed by atoms with Crippen LogP contribution in [0.2, 0.25) is 5.02 Å². The molecule has 144 valence electrons. The van der Waals surface area contributed by atoms with Crippen LogP contribution in [-0.4, -0.2) is 20.8 Å². The number of amides is 1. The first kappa shape index (κ1) is 19.0. The monoisotopic (exact) mass is 472 g/mol. The van der Waals surface area contributed by atoms with Gasteiger partial charge in [-0.05, 0) is 46.3 Å². The van der Waals surface area contributed by atoms with Gasteiger partial charge in [-0.1, -0.05) is 11.6 Å². The molecule has 1 amide bonds. The van der Waals surface area contributed by atoms with Crippen molar-refractivity contribution < 1.29 is 14.1 Å². The Morgan fingerprint density at radius 3 is 2.76 bits per heavy atom. The van der Waals surface area contributed by atoms with Gasteiger partial charge in [-0.25, -0.2) is 4.98 Å². The highest BCUT2D eigenvalue weighted by Gasteiger charge is 2.17. The molecular formula is C19H10BrClN4O4. The summed E-state index contributed by atoms with van der Waals surface area (Å²) in [5, 5.41) is 13.7. The number of rotatable bonds is 4. The predicted molar refractivity (Wildman–Crippen MR) is 111 cm³/mol. The molecule has 29 heavy (non-hydrogen) atoms. The fraction of sp³-hybridized carbons (Fsp3) is 0. The number of aromatic nitrogens is 2. The van der Waals surface area contributed by atoms with Gasteiger partial charge in [0.15, 0.2) is 5.58 Å². The van der Waals surface area contributed by atoms with Gasteiger partial charge in [0.1, 0.15) is 5.52 Å². The van der Waals surface area contributed by atoms with Crippen LogP contribution in [0, 0.1) is 10.1 Å². The predicted octanol–water partition coefficient (Wildman–Crippen LogP) is 5.47. The van der Waals surface area contributed by atoms with E-state index in [1.165, 1.54) is 12.1 Å². The molecule has 4 rings (SSSR count). The summed E-state index contributed by atoms with van der Waals surface area (Å²) in [5.41, 5.74) is 1.98. The van der Waals surface area contributed by atoms with Gasteiger partial charge in [0, 0.05) is 34.7 Å². The Kier molecular flexibility index (Phi) is 4.99. The third-order valence-corrected chi connectivity index (χ3v) is 4.77. The summed E-state index contributed by atoms with van der Waals surface area (Å²) in [5.74, 6) is -0.183. The zero-order chi connectivity index (χ0) is 20.5. The van der Waals surface area contributed by atoms with Crippen molar-refractivity contribution in [2.45, 2.75) is 0 Å². The van der Waals surface area contributed by atoms with Gasteiger partial charge in [0.25, 0.3) is 11.6 Å². The van der Waals surface area contributed by atoms with Crippen molar-refractivity contribution in [3.05, 3.63) is 80.0 Å². The van der Waals surface area contributed by atoms with E-state index < -0.39 is 10.8 Å². The molecule has 0 atom stereocenters. The number of nitro benzene ring substituents is 1. The molecule has 0 aliphatic carbocycles. The van der Waals surface area contributed by atoms with Crippen LogP contribution in [0.25, 0.3) is 22.6 Å². The van der Waals surface area contributed by atoms with Crippen molar-refractivity contribution in [1.82, 2.24) is 9.97 Å². The van der Waals surface area contributed by atoms with E-state index >= 15 is 0 Å². The van der Waals surface area contributed by atoms with E-state index in [1.54, 1.807) is 30.6 Å². The van der Waals surface area contributed by atoms with Crippen LogP contribution in [-0.2, 0) is 0 Å². The molecule has 0 bridgehead atoms. The molecule has 0 unspecified atom stereocenters. The van der Waals surface area contributed by atoms with Crippen molar-refractivity contribution in [1.29, 1.82) is 0 Å². The van der Waals surface area contributed by atoms with Crippen molar-refractivity contribution >= 4 is 55.9 Å². The van der Waals surface area contributed by atoms with Crippen molar-refractivity contribution in [2.75, 3.05) is 5.32 Å². The molecule has 4 aromatic rings. The Labute approximate surface area is 176 Å². The molecule has 10 heteroatoms. The maximum absolute atomic E-state index is 12.5. The van der Waals surface area contributed by atoms with Crippen LogP contribution in [0.1, 0.15) is 10.4 Å². The summed E-state index contributed by atoms with van der Waals surface area (Å²) in [4.78, 5) is 31.4. The first-order valence-corrected chi connectivity index (χ1v) is 9.34. The number of non-ortho nitro benzene ring substituents is 1. The van der Waals surface area contributed by atoms with Crippen molar-refractivity contribution in [2.24, 2.45) is 0 Å². The Balaban J connectivity index is 1.63. The Bertz CT molecular complexity index is 1270. The van der Waals surface area contributed by atoms with Crippen LogP contribution in [0.3, 0.4) is 0 Å². The number of nitro groups is 1. The SMILES string of the molecule is O=C(Nc1ccc2oc(-c3cncc(Br)c3)nc2c1)c1cc([N+](=O)[O-])ccc1Cl. The minimum absolute atomic E-state index is 0.00187. The van der Waals surface area contributed by atoms with Crippen LogP contribution in [0.15, 0.2) is 63.7 Å². The summed E-state index contributed by atoms with van der Waals surface area (Å²) in [6.45, 7) is 0. The van der Waals surface area contributed by atoms with E-state index in [0.29, 0.717) is 28.2 Å². The maximum Gasteiger partial charge on any atom is 0.270 e. The van der Waals surface area contributed by atoms with Gasteiger partial charge in [-0.2, -0.15) is 0 Å². The number of hydrogen-bond acceptors (Lipinski definition) is 6. The molecule has 0 saturated carbocycles. The number of halogens is 2. The van der Waals surface area contributed by atoms with Crippen LogP contribution < -0.4 is 5.32 Å². The van der Waals surface area contributed by atoms with Crippen molar-refractivity contribution in [3.63, 3.8) is 0 Å². The average molecular weight is 474 g/mol. The normalized spacial score (nSPS) is 10.8. The number of carbonyl (C=O) groups is 1. The van der Waals surface area contributed by atoms with Crippen molar-refractivity contribution in [3.8, 4) is 11.5 Å². The number of fused-ring (bicyclic) bond motifs is 1. The molecule has 0 aliphatic heterocycles. The number of benzene rings is 2. The molecule has 8 nitrogen and oxygen atoms in total. The molecule has 0 saturated heterocycles. The fourth-order valence-electron chi connectivity index (χ4n) is 2.66. The third-order valence-electron chi connectivity index (χ3n) is 4.00. The number of carbonyl (C=O) groups excluding carboxylic acids is 1. The lowest BCUT2D eigenvalue weighted by atomic mass is 10.2. The molecular weight excluding hydrogens is 464 g/mol. The van der Waals surface area contributed by atoms with E-state index in [4.69, 9.17) is 16.0 Å². The first-order valence-electron chi connectivity index (χ1n) is 8.17. The molecule has 2 heterocycles. The van der Waals surface area contributed by atoms with Gasteiger partial charge in [-0.3, -0.25) is 19.9 Å². The highest BCUT2D eigenvalue weighted by atomic mass is 79.9. The number of anilines is 1. The number of oxazole rings is 1. The molecule has 0 aliphatic rings. The van der Waals surface area contributed by atoms with Crippen LogP contribution in [0.5, 0.6) is 0 Å². The lowest BCUT2D eigenvalue weighted by Crippen LogP contribution is -2.12. The highest BCUT2D eigenvalue weighted by molar-refractivity contribution is 9.10. The van der Waals surface area contributed by atoms with Gasteiger partial charge in [0.05, 0.1) is 21.1 Å². The van der Waals surface area contributed by atoms with Gasteiger partial charge >= 0.3 is 0 Å². The van der Waals surface area contributed by atoms with Gasteiger partial charge in [-0.15, -0.1) is 0 Å². The van der Waals surface area contributed by atoms with E-state index in [1.807, 2.05) is 6.07 Å². The lowest BCUT2D eigenvalue weighted by molar-refractivity contribution is -0.384. The van der Waals surface area contributed by atoms with E-state index in [9.17, 15) is 14.9 Å². The average Bonchev–Trinajstić information content (AvgIpc) is 3.11. The van der Waals surface area contributed by atoms with E-state index in [2.05, 4.69) is 31.2 Å². The number of hydrogen-bond donors (Lipinski definition) is 1. The molecule has 1 N–H and O–H groups in total. The second kappa shape index (κ2) is 7.61. The zero-order valence-electron chi connectivity index (χ0n) is 14.4. The van der Waals surface area contributed by atoms with Crippen LogP contribution >= 0.6 is 27.5 Å². The summed E-state index contributed by atoms with van der Waals surface area (Å²) < 4.78 is 6.52. The highest BCUT2D eigenvalue weighted by Crippen LogP contribution is 2.28. The standard InChI is InChI=1S/C19H10BrClN4O4/c20-11-5-10(8-22-9-11)19-24-16-6-12(1-4-17(16)29-19)23-18(26)14-7-13(25(27)28)2-3-15(14)21/h1-9H,(H,23,26). The fourth-order valence-corrected chi connectivity index (χ4v) is 3.22. The number of pyridine rings is 1. The lowest BCUT2D eigenvalue weighted by Gasteiger charge is -2.06. The zero-order valence-corrected chi connectivity index (χ0v) is 16.8. The van der Waals surface area contributed by atoms with E-state index in [0.717, 1.165) is 10.5 Å². The number of nitrogens with one attached hydrogen (secondary N) is 1. The molecule has 0 radical (unpaired) electrons. The maximum atomic E-state index is 12.5. The van der Waals surface area contributed by atoms with Gasteiger partial charge < -0.3 is 9.73 Å². The first-order chi connectivity index (χ1) is 13.9. The van der Waals surface area contributed by atoms with Gasteiger partial charge in [0.2, 0.25) is 5.89 Å². The van der Waals surface area contributed by atoms with E-state index in [-0.39, 0.29) is 16.3 Å². The Morgan fingerprint density at radius 2 is 2.00 bits per heavy atom. The molecule has 0 spiro atoms. The summed E-state index contributed by atoms with van der Waals surface area (Å²) >= 11 is 9.37. The minimum Gasteiger partial charge on any atom is -0.436 e. The third kappa shape index (κ3) is 3.96. The largest absolute Gasteiger partial charge is 0.436 e. The minimum atomic E-state index is -0.590. The Morgan fingerprint density at radius 1 is 1.17 bits per heavy atom. The summed E-state index contributed by atoms with van der Waals surface area (Å²) in [6.07, 6.45) is 3.28. The second-order valence-electron chi connectivity index (χ2n) is 5.97. The molecule has 0 fully saturated rings. The topological polar surface area (TPSA) is 111 Å². The Hall–Kier alpha value is -3.30. The quantitative estimate of drug-likeness (QED) is 0.311. The smallest absolute Gasteiger partial charge is 0.270 e. The summed E-state index contributed by atoms with van der Waals surface area (Å²) in [6, 6.07) is 10.4. The second-order valence-corrected chi connectivity index (χ2v) is 7.29. The summed E-state index contributed by atoms with van der Waals surface area (Å²) in [7, 11) is 0. The molecule has 2 aromatic heterocycles.